The maximum absolute atomic E-state index is 4.18. The van der Waals surface area contributed by atoms with Gasteiger partial charge in [0.1, 0.15) is 7.05 Å². The Kier molecular flexibility index (Phi) is 39.4. The summed E-state index contributed by atoms with van der Waals surface area (Å²) in [5.41, 5.74) is 6.68. The van der Waals surface area contributed by atoms with Crippen molar-refractivity contribution in [2.24, 2.45) is 7.05 Å². The van der Waals surface area contributed by atoms with Crippen LogP contribution in [0.5, 0.6) is 0 Å². The Morgan fingerprint density at radius 2 is 0.698 bits per heavy atom. The van der Waals surface area contributed by atoms with Crippen LogP contribution in [0, 0.1) is 0 Å². The normalized spacial score (nSPS) is 9.17. The minimum Gasteiger partial charge on any atom is -0.265 e. The van der Waals surface area contributed by atoms with Crippen LogP contribution in [0.2, 0.25) is 0 Å². The molecule has 53 heavy (non-hydrogen) atoms. The molecular formula is C49H81N4+. The quantitative estimate of drug-likeness (QED) is 0.169. The van der Waals surface area contributed by atoms with Crippen molar-refractivity contribution in [2.75, 3.05) is 0 Å². The summed E-state index contributed by atoms with van der Waals surface area (Å²) in [5, 5.41) is 0. The zero-order valence-electron chi connectivity index (χ0n) is 36.3. The van der Waals surface area contributed by atoms with E-state index in [0.29, 0.717) is 29.6 Å². The Balaban J connectivity index is -0.000000272. The molecule has 0 aliphatic rings. The molecule has 0 amide bonds. The van der Waals surface area contributed by atoms with E-state index in [1.54, 1.807) is 0 Å². The van der Waals surface area contributed by atoms with E-state index < -0.39 is 0 Å². The topological polar surface area (TPSA) is 42.5 Å². The van der Waals surface area contributed by atoms with Gasteiger partial charge in [-0.25, -0.2) is 4.57 Å². The zero-order valence-corrected chi connectivity index (χ0v) is 36.3. The number of benzene rings is 1. The second kappa shape index (κ2) is 37.6. The Morgan fingerprint density at radius 1 is 0.377 bits per heavy atom. The molecule has 4 nitrogen and oxygen atoms in total. The van der Waals surface area contributed by atoms with Crippen LogP contribution in [0.4, 0.5) is 0 Å². The third kappa shape index (κ3) is 30.0. The fraction of sp³-hybridized carbons (Fsp3) is 0.469. The average Bonchev–Trinajstić information content (AvgIpc) is 3.20. The Morgan fingerprint density at radius 3 is 0.943 bits per heavy atom. The van der Waals surface area contributed by atoms with Gasteiger partial charge in [-0.1, -0.05) is 155 Å². The van der Waals surface area contributed by atoms with Crippen molar-refractivity contribution in [3.05, 3.63) is 156 Å². The fourth-order valence-corrected chi connectivity index (χ4v) is 3.95. The van der Waals surface area contributed by atoms with Gasteiger partial charge in [0, 0.05) is 48.8 Å². The minimum atomic E-state index is 0. The molecule has 4 aromatic heterocycles. The zero-order chi connectivity index (χ0) is 40.3. The fourth-order valence-electron chi connectivity index (χ4n) is 3.95. The summed E-state index contributed by atoms with van der Waals surface area (Å²) in [7, 11) is 2.03. The largest absolute Gasteiger partial charge is 0.265 e. The average molecular weight is 726 g/mol. The van der Waals surface area contributed by atoms with E-state index in [1.165, 1.54) is 22.3 Å². The summed E-state index contributed by atoms with van der Waals surface area (Å²) >= 11 is 0. The first-order chi connectivity index (χ1) is 24.9. The van der Waals surface area contributed by atoms with Crippen LogP contribution in [0.1, 0.15) is 176 Å². The molecular weight excluding hydrogens is 645 g/mol. The number of nitrogens with zero attached hydrogens (tertiary/aromatic N) is 4. The molecule has 0 fully saturated rings. The molecule has 0 aliphatic heterocycles. The number of rotatable bonds is 5. The molecule has 0 spiro atoms. The lowest BCUT2D eigenvalue weighted by Gasteiger charge is -2.01. The van der Waals surface area contributed by atoms with Gasteiger partial charge in [0.05, 0.1) is 0 Å². The Hall–Kier alpha value is -4.18. The first kappa shape index (κ1) is 55.6. The highest BCUT2D eigenvalue weighted by molar-refractivity contribution is 5.18. The van der Waals surface area contributed by atoms with Gasteiger partial charge in [0.25, 0.3) is 0 Å². The van der Waals surface area contributed by atoms with Gasteiger partial charge in [-0.3, -0.25) is 15.0 Å². The lowest BCUT2D eigenvalue weighted by Crippen LogP contribution is -2.26. The van der Waals surface area contributed by atoms with E-state index in [4.69, 9.17) is 0 Å². The molecule has 0 saturated heterocycles. The van der Waals surface area contributed by atoms with Crippen molar-refractivity contribution in [1.82, 2.24) is 15.0 Å². The smallest absolute Gasteiger partial charge is 0.168 e. The lowest BCUT2D eigenvalue weighted by atomic mass is 10.0. The summed E-state index contributed by atoms with van der Waals surface area (Å²) in [5.74, 6) is 3.08. The second-order valence-corrected chi connectivity index (χ2v) is 12.8. The van der Waals surface area contributed by atoms with Gasteiger partial charge in [0.15, 0.2) is 12.4 Å². The Labute approximate surface area is 329 Å². The van der Waals surface area contributed by atoms with Gasteiger partial charge >= 0.3 is 0 Å². The van der Waals surface area contributed by atoms with Gasteiger partial charge in [0.2, 0.25) is 0 Å². The molecule has 296 valence electrons. The number of hydrogen-bond acceptors (Lipinski definition) is 3. The first-order valence-electron chi connectivity index (χ1n) is 19.6. The number of aryl methyl sites for hydroxylation is 1. The van der Waals surface area contributed by atoms with E-state index in [-0.39, 0.29) is 7.43 Å². The van der Waals surface area contributed by atoms with Crippen molar-refractivity contribution >= 4 is 0 Å². The molecule has 4 heteroatoms. The van der Waals surface area contributed by atoms with Crippen LogP contribution in [0.3, 0.4) is 0 Å². The number of aromatic nitrogens is 4. The third-order valence-electron chi connectivity index (χ3n) is 7.16. The van der Waals surface area contributed by atoms with Gasteiger partial charge in [-0.2, -0.15) is 0 Å². The van der Waals surface area contributed by atoms with E-state index in [2.05, 4.69) is 133 Å². The van der Waals surface area contributed by atoms with Gasteiger partial charge in [-0.15, -0.1) is 0 Å². The second-order valence-electron chi connectivity index (χ2n) is 12.8. The minimum absolute atomic E-state index is 0. The summed E-state index contributed by atoms with van der Waals surface area (Å²) in [6, 6.07) is 29.0. The maximum atomic E-state index is 4.18. The highest BCUT2D eigenvalue weighted by atomic mass is 14.9. The SMILES string of the molecule is C.CC.CC.CC.CC(C)c1cc[n+](C)cc1.CC(C)c1ccccc1.CC(C)c1ccccn1.CC(C)c1ccncc1.CC(C)c1ccncc1. The predicted molar refractivity (Wildman–Crippen MR) is 238 cm³/mol. The standard InChI is InChI=1S/C9H14N.C9H12.3C8H11N.3C2H6.CH4/c1-8(2)9-4-6-10(3)7-5-9;1-8(2)9-6-4-3-5-7-9;2*1-7(2)8-3-5-9-6-4-8;1-7(2)8-5-3-4-6-9-8;3*1-2;/h4-8H,1-3H3;3-8H,1-2H3;3*3-7H,1-2H3;3*1-2H3;1H4/q+1;;;;;;;;. The molecule has 0 aliphatic carbocycles. The van der Waals surface area contributed by atoms with Crippen LogP contribution in [-0.4, -0.2) is 15.0 Å². The predicted octanol–water partition coefficient (Wildman–Crippen LogP) is 14.8. The van der Waals surface area contributed by atoms with E-state index in [1.807, 2.05) is 133 Å². The lowest BCUT2D eigenvalue weighted by molar-refractivity contribution is -0.671. The van der Waals surface area contributed by atoms with Crippen molar-refractivity contribution in [3.63, 3.8) is 0 Å². The van der Waals surface area contributed by atoms with Crippen molar-refractivity contribution < 1.29 is 4.57 Å². The van der Waals surface area contributed by atoms with Crippen molar-refractivity contribution in [2.45, 2.75) is 148 Å². The molecule has 0 N–H and O–H groups in total. The highest BCUT2D eigenvalue weighted by Crippen LogP contribution is 2.13. The summed E-state index contributed by atoms with van der Waals surface area (Å²) in [6.45, 7) is 33.8. The van der Waals surface area contributed by atoms with Crippen molar-refractivity contribution in [3.8, 4) is 0 Å². The van der Waals surface area contributed by atoms with Crippen LogP contribution in [-0.2, 0) is 7.05 Å². The van der Waals surface area contributed by atoms with E-state index in [0.717, 1.165) is 5.69 Å². The number of pyridine rings is 4. The molecule has 1 aromatic carbocycles. The van der Waals surface area contributed by atoms with E-state index in [9.17, 15) is 0 Å². The molecule has 0 bridgehead atoms. The van der Waals surface area contributed by atoms with Gasteiger partial charge in [-0.05, 0) is 88.2 Å². The van der Waals surface area contributed by atoms with Crippen LogP contribution < -0.4 is 4.57 Å². The third-order valence-corrected chi connectivity index (χ3v) is 7.16. The van der Waals surface area contributed by atoms with Gasteiger partial charge < -0.3 is 0 Å². The summed E-state index contributed by atoms with van der Waals surface area (Å²) < 4.78 is 2.05. The van der Waals surface area contributed by atoms with Crippen LogP contribution >= 0.6 is 0 Å². The molecule has 0 atom stereocenters. The van der Waals surface area contributed by atoms with Crippen LogP contribution in [0.15, 0.2) is 128 Å². The monoisotopic (exact) mass is 726 g/mol. The van der Waals surface area contributed by atoms with Crippen LogP contribution in [0.25, 0.3) is 0 Å². The molecule has 0 radical (unpaired) electrons. The number of hydrogen-bond donors (Lipinski definition) is 0. The molecule has 5 aromatic rings. The van der Waals surface area contributed by atoms with Crippen molar-refractivity contribution in [1.29, 1.82) is 0 Å². The summed E-state index contributed by atoms with van der Waals surface area (Å²) in [4.78, 5) is 12.0. The first-order valence-corrected chi connectivity index (χ1v) is 19.6. The van der Waals surface area contributed by atoms with E-state index >= 15 is 0 Å². The summed E-state index contributed by atoms with van der Waals surface area (Å²) in [6.07, 6.45) is 13.3. The Bertz CT molecular complexity index is 1210. The maximum Gasteiger partial charge on any atom is 0.168 e. The highest BCUT2D eigenvalue weighted by Gasteiger charge is 1.99. The molecule has 0 unspecified atom stereocenters. The molecule has 4 heterocycles. The molecule has 5 rings (SSSR count). The molecule has 0 saturated carbocycles.